The minimum Gasteiger partial charge on any atom is -0.338 e. The van der Waals surface area contributed by atoms with Crippen LogP contribution in [-0.2, 0) is 6.42 Å². The third-order valence-corrected chi connectivity index (χ3v) is 5.81. The molecule has 2 aromatic heterocycles. The second kappa shape index (κ2) is 8.75. The molecule has 3 aromatic rings. The van der Waals surface area contributed by atoms with Crippen molar-refractivity contribution in [2.24, 2.45) is 0 Å². The first kappa shape index (κ1) is 19.6. The molecule has 0 spiro atoms. The molecule has 29 heavy (non-hydrogen) atoms. The van der Waals surface area contributed by atoms with Gasteiger partial charge in [-0.05, 0) is 67.6 Å². The standard InChI is InChI=1S/C24H24ClN3O/c1-17-13-18(14-20-5-2-3-7-22(20)25)15-23(27-17)21-6-4-12-28(16-21)24(29)19-8-10-26-11-9-19/h2-3,5,7-11,13,15,21H,4,6,12,14,16H2,1H3. The van der Waals surface area contributed by atoms with Crippen LogP contribution in [0.25, 0.3) is 0 Å². The van der Waals surface area contributed by atoms with Gasteiger partial charge in [-0.15, -0.1) is 0 Å². The van der Waals surface area contributed by atoms with Gasteiger partial charge in [-0.3, -0.25) is 14.8 Å². The van der Waals surface area contributed by atoms with Crippen molar-refractivity contribution in [3.63, 3.8) is 0 Å². The third kappa shape index (κ3) is 4.65. The van der Waals surface area contributed by atoms with Gasteiger partial charge < -0.3 is 4.90 Å². The van der Waals surface area contributed by atoms with E-state index in [4.69, 9.17) is 16.6 Å². The van der Waals surface area contributed by atoms with Crippen molar-refractivity contribution in [1.82, 2.24) is 14.9 Å². The highest BCUT2D eigenvalue weighted by atomic mass is 35.5. The van der Waals surface area contributed by atoms with Gasteiger partial charge >= 0.3 is 0 Å². The number of hydrogen-bond donors (Lipinski definition) is 0. The number of halogens is 1. The SMILES string of the molecule is Cc1cc(Cc2ccccc2Cl)cc(C2CCCN(C(=O)c3ccncc3)C2)n1. The van der Waals surface area contributed by atoms with E-state index in [9.17, 15) is 4.79 Å². The Morgan fingerprint density at radius 3 is 2.76 bits per heavy atom. The van der Waals surface area contributed by atoms with Crippen molar-refractivity contribution in [3.8, 4) is 0 Å². The third-order valence-electron chi connectivity index (χ3n) is 5.44. The summed E-state index contributed by atoms with van der Waals surface area (Å²) in [7, 11) is 0. The maximum Gasteiger partial charge on any atom is 0.253 e. The maximum atomic E-state index is 12.9. The Labute approximate surface area is 176 Å². The molecule has 0 saturated carbocycles. The first-order valence-electron chi connectivity index (χ1n) is 10.0. The topological polar surface area (TPSA) is 46.1 Å². The minimum atomic E-state index is 0.0704. The molecule has 0 bridgehead atoms. The van der Waals surface area contributed by atoms with Crippen molar-refractivity contribution >= 4 is 17.5 Å². The molecule has 1 atom stereocenters. The van der Waals surface area contributed by atoms with E-state index >= 15 is 0 Å². The van der Waals surface area contributed by atoms with Crippen molar-refractivity contribution in [2.75, 3.05) is 13.1 Å². The molecule has 1 saturated heterocycles. The molecule has 1 amide bonds. The first-order chi connectivity index (χ1) is 14.1. The second-order valence-corrected chi connectivity index (χ2v) is 8.04. The molecule has 1 aliphatic rings. The van der Waals surface area contributed by atoms with E-state index in [0.29, 0.717) is 12.1 Å². The number of likely N-dealkylation sites (tertiary alicyclic amines) is 1. The predicted octanol–water partition coefficient (Wildman–Crippen LogP) is 5.05. The van der Waals surface area contributed by atoms with Crippen LogP contribution in [0.3, 0.4) is 0 Å². The molecule has 4 nitrogen and oxygen atoms in total. The Morgan fingerprint density at radius 2 is 1.97 bits per heavy atom. The zero-order valence-electron chi connectivity index (χ0n) is 16.5. The number of piperidine rings is 1. The Bertz CT molecular complexity index is 1010. The number of aromatic nitrogens is 2. The molecule has 1 unspecified atom stereocenters. The molecule has 4 rings (SSSR count). The number of benzene rings is 1. The quantitative estimate of drug-likeness (QED) is 0.610. The lowest BCUT2D eigenvalue weighted by Crippen LogP contribution is -2.39. The van der Waals surface area contributed by atoms with Crippen LogP contribution in [0.4, 0.5) is 0 Å². The number of pyridine rings is 2. The summed E-state index contributed by atoms with van der Waals surface area (Å²) in [5, 5.41) is 0.787. The highest BCUT2D eigenvalue weighted by Gasteiger charge is 2.26. The van der Waals surface area contributed by atoms with Crippen LogP contribution in [0.15, 0.2) is 60.9 Å². The van der Waals surface area contributed by atoms with E-state index in [0.717, 1.165) is 47.8 Å². The lowest BCUT2D eigenvalue weighted by molar-refractivity contribution is 0.0705. The summed E-state index contributed by atoms with van der Waals surface area (Å²) in [6.45, 7) is 3.52. The van der Waals surface area contributed by atoms with Crippen molar-refractivity contribution in [2.45, 2.75) is 32.1 Å². The zero-order chi connectivity index (χ0) is 20.2. The normalized spacial score (nSPS) is 16.6. The lowest BCUT2D eigenvalue weighted by atomic mass is 9.92. The summed E-state index contributed by atoms with van der Waals surface area (Å²) >= 11 is 6.35. The van der Waals surface area contributed by atoms with Gasteiger partial charge in [-0.2, -0.15) is 0 Å². The fourth-order valence-corrected chi connectivity index (χ4v) is 4.22. The summed E-state index contributed by atoms with van der Waals surface area (Å²) in [4.78, 5) is 23.6. The summed E-state index contributed by atoms with van der Waals surface area (Å²) in [6, 6.07) is 15.8. The fraction of sp³-hybridized carbons (Fsp3) is 0.292. The Morgan fingerprint density at radius 1 is 1.17 bits per heavy atom. The molecule has 1 fully saturated rings. The number of hydrogen-bond acceptors (Lipinski definition) is 3. The van der Waals surface area contributed by atoms with Crippen molar-refractivity contribution in [3.05, 3.63) is 94.0 Å². The summed E-state index contributed by atoms with van der Waals surface area (Å²) < 4.78 is 0. The van der Waals surface area contributed by atoms with Gasteiger partial charge in [0.1, 0.15) is 0 Å². The monoisotopic (exact) mass is 405 g/mol. The number of rotatable bonds is 4. The fourth-order valence-electron chi connectivity index (χ4n) is 4.02. The number of carbonyl (C=O) groups is 1. The van der Waals surface area contributed by atoms with E-state index in [1.165, 1.54) is 5.56 Å². The molecule has 148 valence electrons. The zero-order valence-corrected chi connectivity index (χ0v) is 17.3. The van der Waals surface area contributed by atoms with E-state index in [1.807, 2.05) is 30.0 Å². The molecule has 0 N–H and O–H groups in total. The molecule has 0 aliphatic carbocycles. The number of amides is 1. The molecular formula is C24H24ClN3O. The summed E-state index contributed by atoms with van der Waals surface area (Å²) in [6.07, 6.45) is 6.14. The highest BCUT2D eigenvalue weighted by Crippen LogP contribution is 2.28. The van der Waals surface area contributed by atoms with E-state index < -0.39 is 0 Å². The van der Waals surface area contributed by atoms with Crippen LogP contribution < -0.4 is 0 Å². The second-order valence-electron chi connectivity index (χ2n) is 7.64. The average Bonchev–Trinajstić information content (AvgIpc) is 2.75. The van der Waals surface area contributed by atoms with Gasteiger partial charge in [0, 0.05) is 53.4 Å². The van der Waals surface area contributed by atoms with Crippen LogP contribution in [0.2, 0.25) is 5.02 Å². The van der Waals surface area contributed by atoms with Gasteiger partial charge in [0.05, 0.1) is 0 Å². The van der Waals surface area contributed by atoms with Crippen LogP contribution in [0, 0.1) is 6.92 Å². The largest absolute Gasteiger partial charge is 0.338 e. The van der Waals surface area contributed by atoms with Gasteiger partial charge in [0.2, 0.25) is 0 Å². The Kier molecular flexibility index (Phi) is 5.91. The average molecular weight is 406 g/mol. The number of carbonyl (C=O) groups excluding carboxylic acids is 1. The Hall–Kier alpha value is -2.72. The lowest BCUT2D eigenvalue weighted by Gasteiger charge is -2.33. The molecular weight excluding hydrogens is 382 g/mol. The van der Waals surface area contributed by atoms with Crippen LogP contribution in [0.1, 0.15) is 51.6 Å². The van der Waals surface area contributed by atoms with Crippen molar-refractivity contribution in [1.29, 1.82) is 0 Å². The van der Waals surface area contributed by atoms with Gasteiger partial charge in [0.25, 0.3) is 5.91 Å². The maximum absolute atomic E-state index is 12.9. The molecule has 0 radical (unpaired) electrons. The number of nitrogens with zero attached hydrogens (tertiary/aromatic N) is 3. The van der Waals surface area contributed by atoms with Gasteiger partial charge in [-0.1, -0.05) is 29.8 Å². The van der Waals surface area contributed by atoms with Gasteiger partial charge in [0.15, 0.2) is 0 Å². The van der Waals surface area contributed by atoms with E-state index in [1.54, 1.807) is 24.5 Å². The first-order valence-corrected chi connectivity index (χ1v) is 10.4. The molecule has 1 aromatic carbocycles. The molecule has 1 aliphatic heterocycles. The summed E-state index contributed by atoms with van der Waals surface area (Å²) in [5.41, 5.74) is 5.08. The minimum absolute atomic E-state index is 0.0704. The van der Waals surface area contributed by atoms with Crippen LogP contribution in [0.5, 0.6) is 0 Å². The van der Waals surface area contributed by atoms with Crippen LogP contribution in [-0.4, -0.2) is 33.9 Å². The van der Waals surface area contributed by atoms with Gasteiger partial charge in [-0.25, -0.2) is 0 Å². The predicted molar refractivity (Wildman–Crippen MR) is 115 cm³/mol. The smallest absolute Gasteiger partial charge is 0.253 e. The van der Waals surface area contributed by atoms with E-state index in [2.05, 4.69) is 23.2 Å². The Balaban J connectivity index is 1.54. The summed E-state index contributed by atoms with van der Waals surface area (Å²) in [5.74, 6) is 0.320. The van der Waals surface area contributed by atoms with E-state index in [-0.39, 0.29) is 11.8 Å². The van der Waals surface area contributed by atoms with Crippen LogP contribution >= 0.6 is 11.6 Å². The molecule has 3 heterocycles. The molecule has 5 heteroatoms. The number of aryl methyl sites for hydroxylation is 1. The highest BCUT2D eigenvalue weighted by molar-refractivity contribution is 6.31. The van der Waals surface area contributed by atoms with Crippen molar-refractivity contribution < 1.29 is 4.79 Å².